The highest BCUT2D eigenvalue weighted by Crippen LogP contribution is 2.25. The summed E-state index contributed by atoms with van der Waals surface area (Å²) in [7, 11) is 0. The number of pyridine rings is 1. The van der Waals surface area contributed by atoms with Crippen LogP contribution in [0.15, 0.2) is 60.2 Å². The zero-order valence-corrected chi connectivity index (χ0v) is 18.9. The Morgan fingerprint density at radius 2 is 2.06 bits per heavy atom. The zero-order valence-electron chi connectivity index (χ0n) is 18.9. The molecule has 9 nitrogen and oxygen atoms in total. The molecule has 0 amide bonds. The van der Waals surface area contributed by atoms with E-state index in [0.29, 0.717) is 23.5 Å². The van der Waals surface area contributed by atoms with Gasteiger partial charge in [-0.1, -0.05) is 12.1 Å². The predicted octanol–water partition coefficient (Wildman–Crippen LogP) is 2.76. The van der Waals surface area contributed by atoms with Gasteiger partial charge < -0.3 is 15.5 Å². The Hall–Kier alpha value is -3.98. The largest absolute Gasteiger partial charge is 0.356 e. The van der Waals surface area contributed by atoms with Crippen LogP contribution < -0.4 is 21.1 Å². The molecule has 9 heteroatoms. The smallest absolute Gasteiger partial charge is 0.278 e. The van der Waals surface area contributed by atoms with Crippen LogP contribution >= 0.6 is 0 Å². The molecule has 0 aliphatic carbocycles. The van der Waals surface area contributed by atoms with Crippen LogP contribution in [0.1, 0.15) is 17.5 Å². The number of aromatic nitrogens is 5. The summed E-state index contributed by atoms with van der Waals surface area (Å²) in [5.41, 5.74) is 4.81. The highest BCUT2D eigenvalue weighted by atomic mass is 16.1. The van der Waals surface area contributed by atoms with E-state index in [1.165, 1.54) is 17.5 Å². The second kappa shape index (κ2) is 8.42. The van der Waals surface area contributed by atoms with Gasteiger partial charge in [0.05, 0.1) is 12.2 Å². The van der Waals surface area contributed by atoms with Gasteiger partial charge in [0.25, 0.3) is 5.56 Å². The molecule has 0 spiro atoms. The first-order valence-corrected chi connectivity index (χ1v) is 11.6. The molecule has 6 rings (SSSR count). The molecular weight excluding hydrogens is 428 g/mol. The summed E-state index contributed by atoms with van der Waals surface area (Å²) in [6, 6.07) is 10.2. The van der Waals surface area contributed by atoms with Gasteiger partial charge in [-0.3, -0.25) is 4.79 Å². The third-order valence-electron chi connectivity index (χ3n) is 6.48. The lowest BCUT2D eigenvalue weighted by molar-refractivity contribution is 0.598. The number of anilines is 3. The number of nitrogens with zero attached hydrogens (tertiary/aromatic N) is 6. The molecule has 172 valence electrons. The first-order valence-electron chi connectivity index (χ1n) is 11.6. The molecule has 2 aliphatic rings. The molecule has 0 saturated carbocycles. The fourth-order valence-electron chi connectivity index (χ4n) is 4.58. The third-order valence-corrected chi connectivity index (χ3v) is 6.48. The monoisotopic (exact) mass is 454 g/mol. The predicted molar refractivity (Wildman–Crippen MR) is 133 cm³/mol. The Morgan fingerprint density at radius 3 is 2.88 bits per heavy atom. The van der Waals surface area contributed by atoms with Gasteiger partial charge in [0.1, 0.15) is 11.2 Å². The fraction of sp³-hybridized carbons (Fsp3) is 0.280. The number of rotatable bonds is 6. The van der Waals surface area contributed by atoms with Crippen molar-refractivity contribution in [2.24, 2.45) is 0 Å². The lowest BCUT2D eigenvalue weighted by Gasteiger charge is -2.32. The second-order valence-electron chi connectivity index (χ2n) is 8.67. The first kappa shape index (κ1) is 20.6. The number of hydrogen-bond acceptors (Lipinski definition) is 7. The quantitative estimate of drug-likeness (QED) is 0.433. The van der Waals surface area contributed by atoms with Gasteiger partial charge in [-0.05, 0) is 48.7 Å². The van der Waals surface area contributed by atoms with Gasteiger partial charge in [0, 0.05) is 43.8 Å². The summed E-state index contributed by atoms with van der Waals surface area (Å²) in [5, 5.41) is 7.18. The molecule has 0 atom stereocenters. The average Bonchev–Trinajstić information content (AvgIpc) is 3.09. The summed E-state index contributed by atoms with van der Waals surface area (Å²) in [6.07, 6.45) is 7.25. The van der Waals surface area contributed by atoms with E-state index in [-0.39, 0.29) is 5.56 Å². The SMILES string of the molecule is C=CCn1c(=O)c2cnc(Nc3ccc4c(c3)CCNC4)nc2n1-c1ccnc(N2CCC2)c1. The van der Waals surface area contributed by atoms with Crippen LogP contribution in [-0.4, -0.2) is 43.9 Å². The van der Waals surface area contributed by atoms with E-state index in [4.69, 9.17) is 4.98 Å². The maximum absolute atomic E-state index is 13.2. The Bertz CT molecular complexity index is 1450. The van der Waals surface area contributed by atoms with Crippen molar-refractivity contribution in [2.75, 3.05) is 29.9 Å². The van der Waals surface area contributed by atoms with E-state index in [1.54, 1.807) is 23.2 Å². The topological polar surface area (TPSA) is 92.9 Å². The maximum atomic E-state index is 13.2. The van der Waals surface area contributed by atoms with Crippen LogP contribution in [0, 0.1) is 0 Å². The Balaban J connectivity index is 1.44. The molecule has 34 heavy (non-hydrogen) atoms. The van der Waals surface area contributed by atoms with Crippen LogP contribution in [0.3, 0.4) is 0 Å². The number of benzene rings is 1. The van der Waals surface area contributed by atoms with Crippen LogP contribution in [-0.2, 0) is 19.5 Å². The molecule has 2 aliphatic heterocycles. The number of hydrogen-bond donors (Lipinski definition) is 2. The van der Waals surface area contributed by atoms with Gasteiger partial charge in [-0.2, -0.15) is 4.98 Å². The zero-order chi connectivity index (χ0) is 23.1. The van der Waals surface area contributed by atoms with Gasteiger partial charge in [-0.25, -0.2) is 19.3 Å². The fourth-order valence-corrected chi connectivity index (χ4v) is 4.58. The van der Waals surface area contributed by atoms with E-state index in [1.807, 2.05) is 22.9 Å². The van der Waals surface area contributed by atoms with E-state index >= 15 is 0 Å². The number of fused-ring (bicyclic) bond motifs is 2. The van der Waals surface area contributed by atoms with Gasteiger partial charge in [0.15, 0.2) is 5.65 Å². The second-order valence-corrected chi connectivity index (χ2v) is 8.67. The molecule has 1 saturated heterocycles. The van der Waals surface area contributed by atoms with Crippen LogP contribution in [0.25, 0.3) is 16.7 Å². The molecule has 1 aromatic carbocycles. The van der Waals surface area contributed by atoms with E-state index in [2.05, 4.69) is 44.2 Å². The Kier molecular flexibility index (Phi) is 5.10. The van der Waals surface area contributed by atoms with E-state index < -0.39 is 0 Å². The normalized spacial score (nSPS) is 15.1. The van der Waals surface area contributed by atoms with Crippen molar-refractivity contribution in [1.29, 1.82) is 0 Å². The molecule has 3 aromatic heterocycles. The van der Waals surface area contributed by atoms with Crippen molar-refractivity contribution in [3.8, 4) is 5.69 Å². The van der Waals surface area contributed by atoms with Crippen molar-refractivity contribution in [2.45, 2.75) is 25.9 Å². The van der Waals surface area contributed by atoms with Crippen molar-refractivity contribution in [3.05, 3.63) is 76.9 Å². The lowest BCUT2D eigenvalue weighted by atomic mass is 10.0. The molecule has 2 N–H and O–H groups in total. The van der Waals surface area contributed by atoms with Crippen molar-refractivity contribution in [3.63, 3.8) is 0 Å². The van der Waals surface area contributed by atoms with Gasteiger partial charge in [-0.15, -0.1) is 6.58 Å². The summed E-state index contributed by atoms with van der Waals surface area (Å²) in [5.74, 6) is 1.35. The van der Waals surface area contributed by atoms with Crippen molar-refractivity contribution >= 4 is 28.5 Å². The Morgan fingerprint density at radius 1 is 1.15 bits per heavy atom. The van der Waals surface area contributed by atoms with Crippen molar-refractivity contribution in [1.82, 2.24) is 29.6 Å². The molecular formula is C25H26N8O. The minimum absolute atomic E-state index is 0.148. The molecule has 0 bridgehead atoms. The van der Waals surface area contributed by atoms with Crippen LogP contribution in [0.4, 0.5) is 17.5 Å². The number of nitrogens with one attached hydrogen (secondary N) is 2. The summed E-state index contributed by atoms with van der Waals surface area (Å²) >= 11 is 0. The molecule has 5 heterocycles. The Labute approximate surface area is 196 Å². The average molecular weight is 455 g/mol. The minimum Gasteiger partial charge on any atom is -0.356 e. The summed E-state index contributed by atoms with van der Waals surface area (Å²) in [6.45, 7) is 8.06. The first-order chi connectivity index (χ1) is 16.7. The van der Waals surface area contributed by atoms with Crippen LogP contribution in [0.2, 0.25) is 0 Å². The molecule has 0 unspecified atom stereocenters. The van der Waals surface area contributed by atoms with E-state index in [9.17, 15) is 4.79 Å². The van der Waals surface area contributed by atoms with Crippen molar-refractivity contribution < 1.29 is 0 Å². The summed E-state index contributed by atoms with van der Waals surface area (Å²) in [4.78, 5) is 29.1. The standard InChI is InChI=1S/C25H26N8O/c1-2-10-32-24(34)21-16-28-25(29-19-5-4-18-15-26-8-6-17(18)13-19)30-23(21)33(32)20-7-9-27-22(14-20)31-11-3-12-31/h2,4-5,7,9,13-14,16,26H,1,3,6,8,10-12,15H2,(H,28,29,30). The molecule has 1 fully saturated rings. The number of allylic oxidation sites excluding steroid dienone is 1. The molecule has 4 aromatic rings. The minimum atomic E-state index is -0.148. The summed E-state index contributed by atoms with van der Waals surface area (Å²) < 4.78 is 3.48. The highest BCUT2D eigenvalue weighted by Gasteiger charge is 2.20. The third kappa shape index (κ3) is 3.54. The maximum Gasteiger partial charge on any atom is 0.278 e. The van der Waals surface area contributed by atoms with Gasteiger partial charge >= 0.3 is 0 Å². The van der Waals surface area contributed by atoms with Crippen LogP contribution in [0.5, 0.6) is 0 Å². The highest BCUT2D eigenvalue weighted by molar-refractivity contribution is 5.77. The van der Waals surface area contributed by atoms with E-state index in [0.717, 1.165) is 49.8 Å². The molecule has 0 radical (unpaired) electrons. The lowest BCUT2D eigenvalue weighted by Crippen LogP contribution is -2.37. The van der Waals surface area contributed by atoms with Gasteiger partial charge in [0.2, 0.25) is 5.95 Å².